The molecule has 1 aromatic heterocycles. The van der Waals surface area contributed by atoms with Gasteiger partial charge in [-0.25, -0.2) is 5.10 Å². The Morgan fingerprint density at radius 1 is 1.29 bits per heavy atom. The van der Waals surface area contributed by atoms with Crippen LogP contribution < -0.4 is 5.56 Å². The molecule has 17 heavy (non-hydrogen) atoms. The molecule has 4 nitrogen and oxygen atoms in total. The number of aromatic nitrogens is 2. The maximum absolute atomic E-state index is 11.3. The summed E-state index contributed by atoms with van der Waals surface area (Å²) in [5, 5.41) is 6.81. The summed E-state index contributed by atoms with van der Waals surface area (Å²) < 4.78 is 0. The third-order valence-electron chi connectivity index (χ3n) is 2.32. The summed E-state index contributed by atoms with van der Waals surface area (Å²) in [6.07, 6.45) is 0. The largest absolute Gasteiger partial charge is 0.294 e. The van der Waals surface area contributed by atoms with Gasteiger partial charge in [0.05, 0.1) is 11.3 Å². The van der Waals surface area contributed by atoms with Crippen molar-refractivity contribution in [2.45, 2.75) is 6.92 Å². The number of rotatable bonds is 2. The number of Topliss-reactive ketones (excluding diaryl/α,β-unsaturated/α-hetero) is 1. The van der Waals surface area contributed by atoms with E-state index in [0.717, 1.165) is 5.56 Å². The van der Waals surface area contributed by atoms with Crippen molar-refractivity contribution < 1.29 is 4.79 Å². The smallest absolute Gasteiger partial charge is 0.275 e. The minimum atomic E-state index is -0.477. The summed E-state index contributed by atoms with van der Waals surface area (Å²) >= 11 is 5.77. The Morgan fingerprint density at radius 2 is 1.94 bits per heavy atom. The second-order valence-corrected chi connectivity index (χ2v) is 4.00. The van der Waals surface area contributed by atoms with Crippen LogP contribution in [0.15, 0.2) is 35.1 Å². The van der Waals surface area contributed by atoms with Crippen molar-refractivity contribution in [1.29, 1.82) is 0 Å². The maximum atomic E-state index is 11.3. The van der Waals surface area contributed by atoms with E-state index in [2.05, 4.69) is 10.2 Å². The summed E-state index contributed by atoms with van der Waals surface area (Å²) in [5.41, 5.74) is 0.944. The number of carbonyl (C=O) groups excluding carboxylic acids is 1. The molecule has 0 saturated heterocycles. The van der Waals surface area contributed by atoms with Crippen molar-refractivity contribution in [2.24, 2.45) is 0 Å². The van der Waals surface area contributed by atoms with Crippen molar-refractivity contribution >= 4 is 17.4 Å². The lowest BCUT2D eigenvalue weighted by molar-refractivity contribution is 0.101. The molecule has 2 aromatic rings. The molecule has 1 N–H and O–H groups in total. The second-order valence-electron chi connectivity index (χ2n) is 3.56. The quantitative estimate of drug-likeness (QED) is 0.830. The van der Waals surface area contributed by atoms with Crippen LogP contribution in [0, 0.1) is 0 Å². The zero-order chi connectivity index (χ0) is 12.4. The Hall–Kier alpha value is -1.94. The van der Waals surface area contributed by atoms with Crippen LogP contribution in [0.4, 0.5) is 0 Å². The van der Waals surface area contributed by atoms with Crippen molar-refractivity contribution in [2.75, 3.05) is 0 Å². The number of ketones is 1. The van der Waals surface area contributed by atoms with Crippen LogP contribution in [0.3, 0.4) is 0 Å². The monoisotopic (exact) mass is 248 g/mol. The molecule has 1 heterocycles. The highest BCUT2D eigenvalue weighted by atomic mass is 35.5. The molecule has 0 amide bonds. The van der Waals surface area contributed by atoms with E-state index < -0.39 is 5.56 Å². The van der Waals surface area contributed by atoms with Gasteiger partial charge in [0.2, 0.25) is 0 Å². The van der Waals surface area contributed by atoms with E-state index in [1.54, 1.807) is 24.3 Å². The van der Waals surface area contributed by atoms with Gasteiger partial charge in [0.1, 0.15) is 0 Å². The molecule has 0 atom stereocenters. The van der Waals surface area contributed by atoms with Crippen LogP contribution in [-0.2, 0) is 0 Å². The van der Waals surface area contributed by atoms with Gasteiger partial charge in [-0.3, -0.25) is 9.59 Å². The van der Waals surface area contributed by atoms with Crippen molar-refractivity contribution in [3.63, 3.8) is 0 Å². The zero-order valence-electron chi connectivity index (χ0n) is 9.03. The van der Waals surface area contributed by atoms with Gasteiger partial charge in [-0.15, -0.1) is 0 Å². The second kappa shape index (κ2) is 4.51. The zero-order valence-corrected chi connectivity index (χ0v) is 9.78. The summed E-state index contributed by atoms with van der Waals surface area (Å²) in [5.74, 6) is -0.288. The van der Waals surface area contributed by atoms with Crippen molar-refractivity contribution in [3.8, 4) is 11.3 Å². The van der Waals surface area contributed by atoms with Gasteiger partial charge in [0, 0.05) is 10.6 Å². The Balaban J connectivity index is 2.53. The van der Waals surface area contributed by atoms with E-state index in [9.17, 15) is 9.59 Å². The third kappa shape index (κ3) is 2.42. The molecule has 2 rings (SSSR count). The van der Waals surface area contributed by atoms with Crippen LogP contribution >= 0.6 is 11.6 Å². The van der Waals surface area contributed by atoms with Gasteiger partial charge in [-0.2, -0.15) is 5.10 Å². The highest BCUT2D eigenvalue weighted by Gasteiger charge is 2.08. The molecule has 1 aromatic carbocycles. The molecule has 0 spiro atoms. The Morgan fingerprint density at radius 3 is 2.53 bits per heavy atom. The van der Waals surface area contributed by atoms with Gasteiger partial charge in [-0.1, -0.05) is 23.7 Å². The first-order valence-electron chi connectivity index (χ1n) is 4.94. The molecule has 0 bridgehead atoms. The minimum absolute atomic E-state index is 0.102. The first kappa shape index (κ1) is 11.5. The number of halogens is 1. The molecule has 0 saturated carbocycles. The van der Waals surface area contributed by atoms with Gasteiger partial charge in [0.25, 0.3) is 5.56 Å². The predicted molar refractivity (Wildman–Crippen MR) is 65.3 cm³/mol. The Kier molecular flexibility index (Phi) is 3.06. The number of carbonyl (C=O) groups is 1. The van der Waals surface area contributed by atoms with E-state index in [4.69, 9.17) is 11.6 Å². The SMILES string of the molecule is CC(=O)c1cc(-c2ccc(Cl)cc2)n[nH]c1=O. The lowest BCUT2D eigenvalue weighted by atomic mass is 10.1. The lowest BCUT2D eigenvalue weighted by Gasteiger charge is -2.01. The Bertz CT molecular complexity index is 617. The van der Waals surface area contributed by atoms with Crippen molar-refractivity contribution in [3.05, 3.63) is 51.3 Å². The molecule has 0 aliphatic heterocycles. The lowest BCUT2D eigenvalue weighted by Crippen LogP contribution is -2.17. The van der Waals surface area contributed by atoms with E-state index in [1.165, 1.54) is 13.0 Å². The predicted octanol–water partition coefficient (Wildman–Crippen LogP) is 2.29. The van der Waals surface area contributed by atoms with Crippen LogP contribution in [0.2, 0.25) is 5.02 Å². The average Bonchev–Trinajstić information content (AvgIpc) is 2.30. The highest BCUT2D eigenvalue weighted by Crippen LogP contribution is 2.18. The fourth-order valence-electron chi connectivity index (χ4n) is 1.44. The van der Waals surface area contributed by atoms with Gasteiger partial charge in [0.15, 0.2) is 5.78 Å². The van der Waals surface area contributed by atoms with E-state index in [0.29, 0.717) is 10.7 Å². The Labute approximate surface area is 102 Å². The van der Waals surface area contributed by atoms with E-state index in [1.807, 2.05) is 0 Å². The third-order valence-corrected chi connectivity index (χ3v) is 2.57. The number of H-pyrrole nitrogens is 1. The summed E-state index contributed by atoms with van der Waals surface area (Å²) in [6.45, 7) is 1.34. The maximum Gasteiger partial charge on any atom is 0.275 e. The molecule has 0 aliphatic rings. The molecule has 0 unspecified atom stereocenters. The number of aromatic amines is 1. The first-order valence-corrected chi connectivity index (χ1v) is 5.32. The van der Waals surface area contributed by atoms with Gasteiger partial charge < -0.3 is 0 Å². The van der Waals surface area contributed by atoms with Crippen molar-refractivity contribution in [1.82, 2.24) is 10.2 Å². The number of hydrogen-bond acceptors (Lipinski definition) is 3. The van der Waals surface area contributed by atoms with Crippen LogP contribution in [-0.4, -0.2) is 16.0 Å². The standard InChI is InChI=1S/C12H9ClN2O2/c1-7(16)10-6-11(14-15-12(10)17)8-2-4-9(13)5-3-8/h2-6H,1H3,(H,15,17). The number of hydrogen-bond donors (Lipinski definition) is 1. The van der Waals surface area contributed by atoms with Gasteiger partial charge in [-0.05, 0) is 25.1 Å². The molecule has 0 aliphatic carbocycles. The molecular formula is C12H9ClN2O2. The van der Waals surface area contributed by atoms with Crippen LogP contribution in [0.1, 0.15) is 17.3 Å². The first-order chi connectivity index (χ1) is 8.08. The molecule has 5 heteroatoms. The topological polar surface area (TPSA) is 62.8 Å². The van der Waals surface area contributed by atoms with Crippen LogP contribution in [0.5, 0.6) is 0 Å². The molecular weight excluding hydrogens is 240 g/mol. The van der Waals surface area contributed by atoms with E-state index in [-0.39, 0.29) is 11.3 Å². The normalized spacial score (nSPS) is 10.2. The van der Waals surface area contributed by atoms with E-state index >= 15 is 0 Å². The average molecular weight is 249 g/mol. The summed E-state index contributed by atoms with van der Waals surface area (Å²) in [4.78, 5) is 22.6. The number of nitrogens with zero attached hydrogens (tertiary/aromatic N) is 1. The van der Waals surface area contributed by atoms with Gasteiger partial charge >= 0.3 is 0 Å². The summed E-state index contributed by atoms with van der Waals surface area (Å²) in [7, 11) is 0. The molecule has 0 radical (unpaired) electrons. The highest BCUT2D eigenvalue weighted by molar-refractivity contribution is 6.30. The number of benzene rings is 1. The fourth-order valence-corrected chi connectivity index (χ4v) is 1.56. The summed E-state index contributed by atoms with van der Waals surface area (Å²) in [6, 6.07) is 8.46. The molecule has 0 fully saturated rings. The van der Waals surface area contributed by atoms with Crippen LogP contribution in [0.25, 0.3) is 11.3 Å². The fraction of sp³-hybridized carbons (Fsp3) is 0.0833. The minimum Gasteiger partial charge on any atom is -0.294 e. The molecule has 86 valence electrons. The number of nitrogens with one attached hydrogen (secondary N) is 1.